The van der Waals surface area contributed by atoms with Gasteiger partial charge in [0.2, 0.25) is 6.34 Å². The highest BCUT2D eigenvalue weighted by Gasteiger charge is 1.94. The molecule has 0 aliphatic heterocycles. The van der Waals surface area contributed by atoms with E-state index in [1.807, 2.05) is 20.4 Å². The van der Waals surface area contributed by atoms with Gasteiger partial charge >= 0.3 is 0 Å². The Labute approximate surface area is 51.2 Å². The molecule has 2 heteroatoms. The summed E-state index contributed by atoms with van der Waals surface area (Å²) in [5.74, 6) is 0. The van der Waals surface area contributed by atoms with Crippen molar-refractivity contribution < 1.29 is 4.58 Å². The van der Waals surface area contributed by atoms with E-state index in [9.17, 15) is 0 Å². The first-order valence-electron chi connectivity index (χ1n) is 2.91. The molecule has 0 saturated heterocycles. The smallest absolute Gasteiger partial charge is 0.231 e. The molecule has 0 spiro atoms. The van der Waals surface area contributed by atoms with Crippen LogP contribution in [0, 0.1) is 0 Å². The summed E-state index contributed by atoms with van der Waals surface area (Å²) in [6.45, 7) is 4.29. The van der Waals surface area contributed by atoms with Gasteiger partial charge in [0.25, 0.3) is 0 Å². The van der Waals surface area contributed by atoms with Gasteiger partial charge in [-0.05, 0) is 13.8 Å². The summed E-state index contributed by atoms with van der Waals surface area (Å²) in [6.07, 6.45) is 1.95. The van der Waals surface area contributed by atoms with E-state index in [1.54, 1.807) is 0 Å². The Balaban J connectivity index is 3.61. The predicted molar refractivity (Wildman–Crippen MR) is 36.4 cm³/mol. The Kier molecular flexibility index (Phi) is 3.24. The average Bonchev–Trinajstić information content (AvgIpc) is 1.67. The van der Waals surface area contributed by atoms with Crippen molar-refractivity contribution in [2.45, 2.75) is 19.9 Å². The number of rotatable bonds is 2. The van der Waals surface area contributed by atoms with Crippen molar-refractivity contribution in [2.75, 3.05) is 14.1 Å². The van der Waals surface area contributed by atoms with Gasteiger partial charge in [0.05, 0.1) is 20.1 Å². The van der Waals surface area contributed by atoms with Crippen molar-refractivity contribution in [3.63, 3.8) is 0 Å². The fraction of sp³-hybridized carbons (Fsp3) is 0.833. The van der Waals surface area contributed by atoms with Crippen LogP contribution in [0.5, 0.6) is 0 Å². The van der Waals surface area contributed by atoms with Gasteiger partial charge in [-0.3, -0.25) is 9.89 Å². The highest BCUT2D eigenvalue weighted by molar-refractivity contribution is 5.47. The third kappa shape index (κ3) is 2.61. The third-order valence-corrected chi connectivity index (χ3v) is 1.15. The molecule has 1 N–H and O–H groups in total. The van der Waals surface area contributed by atoms with Crippen molar-refractivity contribution in [2.24, 2.45) is 0 Å². The number of nitrogens with one attached hydrogen (secondary N) is 1. The summed E-state index contributed by atoms with van der Waals surface area (Å²) in [5, 5.41) is 2.95. The second-order valence-electron chi connectivity index (χ2n) is 2.18. The van der Waals surface area contributed by atoms with Crippen LogP contribution in [0.15, 0.2) is 0 Å². The SMILES string of the molecule is CNC=[N+](C)C(C)C. The van der Waals surface area contributed by atoms with Crippen LogP contribution in [0.1, 0.15) is 13.8 Å². The van der Waals surface area contributed by atoms with E-state index in [1.165, 1.54) is 0 Å². The first kappa shape index (κ1) is 7.47. The largest absolute Gasteiger partial charge is 0.284 e. The molecule has 0 aliphatic rings. The number of hydrogen-bond donors (Lipinski definition) is 1. The fourth-order valence-electron chi connectivity index (χ4n) is 0.353. The minimum absolute atomic E-state index is 0.586. The van der Waals surface area contributed by atoms with Crippen LogP contribution in [-0.4, -0.2) is 31.1 Å². The second kappa shape index (κ2) is 3.47. The topological polar surface area (TPSA) is 15.0 Å². The zero-order valence-corrected chi connectivity index (χ0v) is 6.10. The van der Waals surface area contributed by atoms with Gasteiger partial charge < -0.3 is 0 Å². The fourth-order valence-corrected chi connectivity index (χ4v) is 0.353. The first-order valence-corrected chi connectivity index (χ1v) is 2.91. The van der Waals surface area contributed by atoms with E-state index in [0.717, 1.165) is 0 Å². The zero-order valence-electron chi connectivity index (χ0n) is 6.10. The van der Waals surface area contributed by atoms with E-state index in [0.29, 0.717) is 6.04 Å². The maximum Gasteiger partial charge on any atom is 0.231 e. The van der Waals surface area contributed by atoms with Crippen LogP contribution in [0.4, 0.5) is 0 Å². The highest BCUT2D eigenvalue weighted by Crippen LogP contribution is 1.79. The number of nitrogens with zero attached hydrogens (tertiary/aromatic N) is 1. The van der Waals surface area contributed by atoms with E-state index in [4.69, 9.17) is 0 Å². The van der Waals surface area contributed by atoms with Gasteiger partial charge in [0.1, 0.15) is 0 Å². The Bertz CT molecular complexity index is 84.5. The Morgan fingerprint density at radius 2 is 2.00 bits per heavy atom. The lowest BCUT2D eigenvalue weighted by atomic mass is 10.4. The van der Waals surface area contributed by atoms with Crippen LogP contribution in [0.25, 0.3) is 0 Å². The molecule has 0 fully saturated rings. The Morgan fingerprint density at radius 1 is 1.50 bits per heavy atom. The summed E-state index contributed by atoms with van der Waals surface area (Å²) in [4.78, 5) is 0. The van der Waals surface area contributed by atoms with Crippen LogP contribution in [0.3, 0.4) is 0 Å². The molecule has 0 saturated carbocycles. The molecule has 0 heterocycles. The van der Waals surface area contributed by atoms with Gasteiger partial charge in [0, 0.05) is 0 Å². The van der Waals surface area contributed by atoms with Gasteiger partial charge in [0.15, 0.2) is 0 Å². The molecular weight excluding hydrogens is 100 g/mol. The summed E-state index contributed by atoms with van der Waals surface area (Å²) < 4.78 is 2.11. The molecule has 0 amide bonds. The van der Waals surface area contributed by atoms with Gasteiger partial charge in [-0.2, -0.15) is 0 Å². The maximum atomic E-state index is 2.95. The molecule has 0 rings (SSSR count). The van der Waals surface area contributed by atoms with E-state index in [-0.39, 0.29) is 0 Å². The molecule has 0 aromatic heterocycles. The molecular formula is C6H15N2+. The molecule has 2 nitrogen and oxygen atoms in total. The van der Waals surface area contributed by atoms with Crippen LogP contribution in [0.2, 0.25) is 0 Å². The van der Waals surface area contributed by atoms with Crippen LogP contribution < -0.4 is 5.32 Å². The molecule has 0 aliphatic carbocycles. The Morgan fingerprint density at radius 3 is 2.12 bits per heavy atom. The summed E-state index contributed by atoms with van der Waals surface area (Å²) in [6, 6.07) is 0.586. The van der Waals surface area contributed by atoms with Crippen molar-refractivity contribution in [3.8, 4) is 0 Å². The first-order chi connectivity index (χ1) is 3.68. The molecule has 0 aromatic rings. The normalized spacial score (nSPS) is 12.4. The quantitative estimate of drug-likeness (QED) is 0.310. The maximum absolute atomic E-state index is 2.95. The third-order valence-electron chi connectivity index (χ3n) is 1.15. The van der Waals surface area contributed by atoms with E-state index >= 15 is 0 Å². The van der Waals surface area contributed by atoms with Crippen molar-refractivity contribution >= 4 is 6.34 Å². The molecule has 0 aromatic carbocycles. The van der Waals surface area contributed by atoms with Gasteiger partial charge in [-0.25, -0.2) is 0 Å². The van der Waals surface area contributed by atoms with Crippen molar-refractivity contribution in [3.05, 3.63) is 0 Å². The zero-order chi connectivity index (χ0) is 6.57. The molecule has 48 valence electrons. The minimum Gasteiger partial charge on any atom is -0.284 e. The second-order valence-corrected chi connectivity index (χ2v) is 2.18. The van der Waals surface area contributed by atoms with Crippen molar-refractivity contribution in [1.29, 1.82) is 0 Å². The standard InChI is InChI=1S/C6H14N2/c1-6(2)8(4)5-7-3/h5-6H,1-4H3/p+1. The van der Waals surface area contributed by atoms with Gasteiger partial charge in [-0.15, -0.1) is 0 Å². The molecule has 0 bridgehead atoms. The number of hydrogen-bond acceptors (Lipinski definition) is 0. The van der Waals surface area contributed by atoms with Gasteiger partial charge in [-0.1, -0.05) is 0 Å². The predicted octanol–water partition coefficient (Wildman–Crippen LogP) is 0.285. The average molecular weight is 115 g/mol. The minimum atomic E-state index is 0.586. The molecule has 0 atom stereocenters. The lowest BCUT2D eigenvalue weighted by molar-refractivity contribution is -0.526. The highest BCUT2D eigenvalue weighted by atomic mass is 15.1. The van der Waals surface area contributed by atoms with Crippen LogP contribution in [-0.2, 0) is 0 Å². The lowest BCUT2D eigenvalue weighted by Gasteiger charge is -2.01. The van der Waals surface area contributed by atoms with Crippen molar-refractivity contribution in [1.82, 2.24) is 5.32 Å². The van der Waals surface area contributed by atoms with E-state index in [2.05, 4.69) is 23.7 Å². The summed E-state index contributed by atoms with van der Waals surface area (Å²) >= 11 is 0. The van der Waals surface area contributed by atoms with E-state index < -0.39 is 0 Å². The Hall–Kier alpha value is -0.530. The summed E-state index contributed by atoms with van der Waals surface area (Å²) in [5.41, 5.74) is 0. The molecule has 0 radical (unpaired) electrons. The monoisotopic (exact) mass is 115 g/mol. The molecule has 0 unspecified atom stereocenters. The molecule has 8 heavy (non-hydrogen) atoms. The lowest BCUT2D eigenvalue weighted by Crippen LogP contribution is -2.22. The summed E-state index contributed by atoms with van der Waals surface area (Å²) in [7, 11) is 3.94. The van der Waals surface area contributed by atoms with Crippen LogP contribution >= 0.6 is 0 Å².